The molecule has 4 rings (SSSR count). The molecule has 4 aromatic heterocycles. The SMILES string of the molecule is Cc1nc(Cl)cc(-c2ccc(C(F)(F)F)nc2)n1.[C-]#[N+]c1cc(-c2ccc(C(F)(F)F)nc2)nc(C)n1. The lowest BCUT2D eigenvalue weighted by Gasteiger charge is -2.06. The molecule has 0 aliphatic carbocycles. The molecule has 0 fully saturated rings. The second-order valence-electron chi connectivity index (χ2n) is 7.25. The zero-order valence-corrected chi connectivity index (χ0v) is 19.7. The highest BCUT2D eigenvalue weighted by atomic mass is 35.5. The van der Waals surface area contributed by atoms with Crippen LogP contribution in [0.1, 0.15) is 23.0 Å². The minimum absolute atomic E-state index is 0.141. The zero-order valence-electron chi connectivity index (χ0n) is 18.9. The van der Waals surface area contributed by atoms with E-state index in [9.17, 15) is 26.3 Å². The second-order valence-corrected chi connectivity index (χ2v) is 7.64. The Morgan fingerprint density at radius 1 is 0.703 bits per heavy atom. The molecule has 0 amide bonds. The predicted molar refractivity (Wildman–Crippen MR) is 121 cm³/mol. The van der Waals surface area contributed by atoms with Gasteiger partial charge in [-0.15, -0.1) is 4.98 Å². The van der Waals surface area contributed by atoms with Crippen molar-refractivity contribution in [3.05, 3.63) is 88.4 Å². The number of pyridine rings is 2. The molecule has 7 nitrogen and oxygen atoms in total. The van der Waals surface area contributed by atoms with Gasteiger partial charge in [-0.1, -0.05) is 18.2 Å². The van der Waals surface area contributed by atoms with Crippen LogP contribution in [0.2, 0.25) is 5.15 Å². The Morgan fingerprint density at radius 3 is 1.54 bits per heavy atom. The number of rotatable bonds is 2. The smallest absolute Gasteiger partial charge is 0.361 e. The van der Waals surface area contributed by atoms with E-state index in [1.54, 1.807) is 13.8 Å². The van der Waals surface area contributed by atoms with Crippen LogP contribution in [0.25, 0.3) is 27.4 Å². The maximum Gasteiger partial charge on any atom is 0.433 e. The van der Waals surface area contributed by atoms with Gasteiger partial charge in [-0.2, -0.15) is 26.3 Å². The number of alkyl halides is 6. The Balaban J connectivity index is 0.000000206. The van der Waals surface area contributed by atoms with Crippen molar-refractivity contribution in [1.29, 1.82) is 0 Å². The van der Waals surface area contributed by atoms with Crippen molar-refractivity contribution in [2.45, 2.75) is 26.2 Å². The van der Waals surface area contributed by atoms with Crippen molar-refractivity contribution in [1.82, 2.24) is 29.9 Å². The molecule has 4 aromatic rings. The largest absolute Gasteiger partial charge is 0.433 e. The fraction of sp³-hybridized carbons (Fsp3) is 0.174. The highest BCUT2D eigenvalue weighted by molar-refractivity contribution is 6.29. The number of nitrogens with zero attached hydrogens (tertiary/aromatic N) is 7. The Bertz CT molecular complexity index is 1410. The Labute approximate surface area is 211 Å². The molecule has 0 aromatic carbocycles. The lowest BCUT2D eigenvalue weighted by atomic mass is 10.2. The molecule has 0 aliphatic rings. The Hall–Kier alpha value is -4.18. The van der Waals surface area contributed by atoms with E-state index in [2.05, 4.69) is 34.7 Å². The third-order valence-corrected chi connectivity index (χ3v) is 4.64. The maximum absolute atomic E-state index is 12.4. The quantitative estimate of drug-likeness (QED) is 0.157. The van der Waals surface area contributed by atoms with Gasteiger partial charge in [0, 0.05) is 36.5 Å². The molecule has 4 heterocycles. The van der Waals surface area contributed by atoms with Crippen LogP contribution in [0, 0.1) is 20.4 Å². The molecule has 0 bridgehead atoms. The Morgan fingerprint density at radius 2 is 1.16 bits per heavy atom. The minimum atomic E-state index is -4.47. The maximum atomic E-state index is 12.4. The van der Waals surface area contributed by atoms with Gasteiger partial charge in [-0.25, -0.2) is 15.0 Å². The summed E-state index contributed by atoms with van der Waals surface area (Å²) in [5.41, 5.74) is -0.234. The molecular formula is C23H14ClF6N7. The fourth-order valence-electron chi connectivity index (χ4n) is 2.86. The molecule has 0 saturated heterocycles. The van der Waals surface area contributed by atoms with Crippen molar-refractivity contribution < 1.29 is 26.3 Å². The molecule has 190 valence electrons. The molecule has 0 aliphatic heterocycles. The van der Waals surface area contributed by atoms with E-state index < -0.39 is 23.7 Å². The van der Waals surface area contributed by atoms with Gasteiger partial charge in [0.05, 0.1) is 11.4 Å². The van der Waals surface area contributed by atoms with E-state index in [4.69, 9.17) is 18.2 Å². The summed E-state index contributed by atoms with van der Waals surface area (Å²) in [5, 5.41) is 0.234. The summed E-state index contributed by atoms with van der Waals surface area (Å²) in [7, 11) is 0. The highest BCUT2D eigenvalue weighted by Gasteiger charge is 2.32. The summed E-state index contributed by atoms with van der Waals surface area (Å²) in [4.78, 5) is 25.8. The lowest BCUT2D eigenvalue weighted by molar-refractivity contribution is -0.141. The first kappa shape index (κ1) is 27.4. The molecule has 0 atom stereocenters. The summed E-state index contributed by atoms with van der Waals surface area (Å²) in [6, 6.07) is 7.23. The van der Waals surface area contributed by atoms with Gasteiger partial charge in [0.2, 0.25) is 5.82 Å². The number of hydrogen-bond donors (Lipinski definition) is 0. The van der Waals surface area contributed by atoms with Crippen LogP contribution in [-0.2, 0) is 12.4 Å². The first-order chi connectivity index (χ1) is 17.3. The molecule has 37 heavy (non-hydrogen) atoms. The summed E-state index contributed by atoms with van der Waals surface area (Å²) >= 11 is 5.75. The van der Waals surface area contributed by atoms with Gasteiger partial charge >= 0.3 is 12.4 Å². The van der Waals surface area contributed by atoms with Gasteiger partial charge in [-0.3, -0.25) is 9.97 Å². The van der Waals surface area contributed by atoms with Gasteiger partial charge in [0.25, 0.3) is 5.82 Å². The Kier molecular flexibility index (Phi) is 8.03. The minimum Gasteiger partial charge on any atom is -0.361 e. The standard InChI is InChI=1S/C12H7F3N4.C11H7ClF3N3/c1-7-18-9(5-11(16-2)19-7)8-3-4-10(17-6-8)12(13,14)15;1-6-17-8(4-10(12)18-6)7-2-3-9(16-5-7)11(13,14)15/h3-6H,1H3;2-5H,1H3. The fourth-order valence-corrected chi connectivity index (χ4v) is 3.09. The predicted octanol–water partition coefficient (Wildman–Crippen LogP) is 6.94. The normalized spacial score (nSPS) is 11.4. The zero-order chi connectivity index (χ0) is 27.4. The van der Waals surface area contributed by atoms with E-state index in [-0.39, 0.29) is 11.0 Å². The molecular weight excluding hydrogens is 524 g/mol. The topological polar surface area (TPSA) is 81.7 Å². The monoisotopic (exact) mass is 537 g/mol. The van der Waals surface area contributed by atoms with Crippen LogP contribution in [0.5, 0.6) is 0 Å². The van der Waals surface area contributed by atoms with Gasteiger partial charge < -0.3 is 4.85 Å². The van der Waals surface area contributed by atoms with Crippen LogP contribution >= 0.6 is 11.6 Å². The van der Waals surface area contributed by atoms with Crippen LogP contribution < -0.4 is 0 Å². The van der Waals surface area contributed by atoms with E-state index in [0.717, 1.165) is 24.5 Å². The van der Waals surface area contributed by atoms with Gasteiger partial charge in [0.1, 0.15) is 22.4 Å². The average Bonchev–Trinajstić information content (AvgIpc) is 2.82. The molecule has 0 saturated carbocycles. The van der Waals surface area contributed by atoms with Crippen LogP contribution in [-0.4, -0.2) is 29.9 Å². The third-order valence-electron chi connectivity index (χ3n) is 4.45. The number of aryl methyl sites for hydroxylation is 2. The summed E-state index contributed by atoms with van der Waals surface area (Å²) in [5.74, 6) is 0.961. The molecule has 14 heteroatoms. The molecule has 0 spiro atoms. The summed E-state index contributed by atoms with van der Waals surface area (Å²) in [6.07, 6.45) is -6.72. The second kappa shape index (κ2) is 10.8. The highest BCUT2D eigenvalue weighted by Crippen LogP contribution is 2.30. The van der Waals surface area contributed by atoms with E-state index in [1.165, 1.54) is 24.3 Å². The number of aromatic nitrogens is 6. The van der Waals surface area contributed by atoms with E-state index in [1.807, 2.05) is 0 Å². The molecule has 0 N–H and O–H groups in total. The van der Waals surface area contributed by atoms with Crippen LogP contribution in [0.3, 0.4) is 0 Å². The average molecular weight is 538 g/mol. The van der Waals surface area contributed by atoms with E-state index in [0.29, 0.717) is 34.2 Å². The van der Waals surface area contributed by atoms with Gasteiger partial charge in [-0.05, 0) is 37.3 Å². The van der Waals surface area contributed by atoms with Crippen molar-refractivity contribution >= 4 is 17.4 Å². The van der Waals surface area contributed by atoms with Crippen molar-refractivity contribution in [2.24, 2.45) is 0 Å². The molecule has 0 unspecified atom stereocenters. The van der Waals surface area contributed by atoms with Crippen molar-refractivity contribution in [3.8, 4) is 22.5 Å². The van der Waals surface area contributed by atoms with Crippen molar-refractivity contribution in [3.63, 3.8) is 0 Å². The first-order valence-electron chi connectivity index (χ1n) is 10.1. The van der Waals surface area contributed by atoms with Gasteiger partial charge in [0.15, 0.2) is 0 Å². The summed E-state index contributed by atoms with van der Waals surface area (Å²) in [6.45, 7) is 10.1. The number of hydrogen-bond acceptors (Lipinski definition) is 6. The third kappa shape index (κ3) is 7.40. The first-order valence-corrected chi connectivity index (χ1v) is 10.5. The lowest BCUT2D eigenvalue weighted by Crippen LogP contribution is -2.07. The van der Waals surface area contributed by atoms with E-state index >= 15 is 0 Å². The van der Waals surface area contributed by atoms with Crippen LogP contribution in [0.4, 0.5) is 32.2 Å². The summed E-state index contributed by atoms with van der Waals surface area (Å²) < 4.78 is 74.2. The molecule has 0 radical (unpaired) electrons. The van der Waals surface area contributed by atoms with Crippen molar-refractivity contribution in [2.75, 3.05) is 0 Å². The van der Waals surface area contributed by atoms with Crippen LogP contribution in [0.15, 0.2) is 48.8 Å². The number of halogens is 7.